The Labute approximate surface area is 307 Å². The molecule has 0 unspecified atom stereocenters. The summed E-state index contributed by atoms with van der Waals surface area (Å²) in [5.74, 6) is 3.38. The minimum absolute atomic E-state index is 0.541. The Kier molecular flexibility index (Phi) is 5.67. The highest BCUT2D eigenvalue weighted by atomic mass is 16.5. The van der Waals surface area contributed by atoms with E-state index in [-0.39, 0.29) is 0 Å². The number of hydrogen-bond donors (Lipinski definition) is 0. The zero-order chi connectivity index (χ0) is 34.7. The molecule has 0 radical (unpaired) electrons. The summed E-state index contributed by atoms with van der Waals surface area (Å²) in [7, 11) is 0. The van der Waals surface area contributed by atoms with Gasteiger partial charge in [-0.2, -0.15) is 0 Å². The fourth-order valence-corrected chi connectivity index (χ4v) is 9.50. The van der Waals surface area contributed by atoms with Gasteiger partial charge in [-0.1, -0.05) is 121 Å². The van der Waals surface area contributed by atoms with Gasteiger partial charge in [0.15, 0.2) is 23.0 Å². The van der Waals surface area contributed by atoms with Gasteiger partial charge in [-0.25, -0.2) is 0 Å². The molecule has 0 atom stereocenters. The van der Waals surface area contributed by atoms with Gasteiger partial charge in [0.2, 0.25) is 0 Å². The molecule has 8 aromatic carbocycles. The summed E-state index contributed by atoms with van der Waals surface area (Å²) in [5, 5.41) is 0. The van der Waals surface area contributed by atoms with E-state index in [4.69, 9.17) is 9.47 Å². The van der Waals surface area contributed by atoms with E-state index in [0.29, 0.717) is 0 Å². The first-order valence-electron chi connectivity index (χ1n) is 18.1. The fraction of sp³-hybridized carbons (Fsp3) is 0.0204. The van der Waals surface area contributed by atoms with Crippen molar-refractivity contribution < 1.29 is 9.47 Å². The Balaban J connectivity index is 1.17. The fourth-order valence-electron chi connectivity index (χ4n) is 9.50. The van der Waals surface area contributed by atoms with Gasteiger partial charge in [0.05, 0.1) is 39.5 Å². The normalized spacial score (nSPS) is 14.4. The van der Waals surface area contributed by atoms with Crippen LogP contribution in [-0.4, -0.2) is 0 Å². The summed E-state index contributed by atoms with van der Waals surface area (Å²) in [4.78, 5) is 4.78. The molecule has 2 aliphatic heterocycles. The SMILES string of the molecule is c1ccc2c(c1)Oc1ccccc1N2c1cccc2c1-c1ccccc1C21c2ccccc2-c2c(N3c4ccccc4Oc4ccccc43)cccc21. The zero-order valence-corrected chi connectivity index (χ0v) is 28.5. The molecular weight excluding hydrogens is 649 g/mol. The van der Waals surface area contributed by atoms with Crippen LogP contribution in [0.15, 0.2) is 182 Å². The van der Waals surface area contributed by atoms with Crippen LogP contribution in [0.1, 0.15) is 22.3 Å². The third kappa shape index (κ3) is 3.64. The second kappa shape index (κ2) is 10.5. The van der Waals surface area contributed by atoms with Crippen molar-refractivity contribution in [3.8, 4) is 45.3 Å². The van der Waals surface area contributed by atoms with Crippen LogP contribution in [0.25, 0.3) is 22.3 Å². The smallest absolute Gasteiger partial charge is 0.151 e. The lowest BCUT2D eigenvalue weighted by atomic mass is 9.70. The van der Waals surface area contributed by atoms with Crippen LogP contribution in [0.3, 0.4) is 0 Å². The minimum Gasteiger partial charge on any atom is -0.453 e. The van der Waals surface area contributed by atoms with Crippen LogP contribution in [-0.2, 0) is 5.41 Å². The molecule has 1 spiro atoms. The van der Waals surface area contributed by atoms with Crippen LogP contribution in [0.2, 0.25) is 0 Å². The summed E-state index contributed by atoms with van der Waals surface area (Å²) in [5.41, 5.74) is 15.9. The summed E-state index contributed by atoms with van der Waals surface area (Å²) in [6.07, 6.45) is 0. The lowest BCUT2D eigenvalue weighted by molar-refractivity contribution is 0.477. The van der Waals surface area contributed by atoms with Gasteiger partial charge in [-0.3, -0.25) is 0 Å². The first-order chi connectivity index (χ1) is 26.3. The minimum atomic E-state index is -0.541. The van der Waals surface area contributed by atoms with Crippen molar-refractivity contribution in [3.63, 3.8) is 0 Å². The van der Waals surface area contributed by atoms with Gasteiger partial charge in [-0.05, 0) is 94.0 Å². The maximum atomic E-state index is 6.47. The Morgan fingerprint density at radius 2 is 0.585 bits per heavy atom. The van der Waals surface area contributed by atoms with E-state index >= 15 is 0 Å². The highest BCUT2D eigenvalue weighted by molar-refractivity contribution is 6.05. The number of rotatable bonds is 2. The maximum absolute atomic E-state index is 6.47. The largest absolute Gasteiger partial charge is 0.453 e. The second-order valence-corrected chi connectivity index (χ2v) is 14.0. The lowest BCUT2D eigenvalue weighted by Gasteiger charge is -2.35. The maximum Gasteiger partial charge on any atom is 0.151 e. The predicted molar refractivity (Wildman–Crippen MR) is 212 cm³/mol. The molecule has 2 aliphatic carbocycles. The molecule has 4 heteroatoms. The summed E-state index contributed by atoms with van der Waals surface area (Å²) < 4.78 is 12.9. The number of para-hydroxylation sites is 8. The Hall–Kier alpha value is -7.04. The van der Waals surface area contributed by atoms with E-state index in [1.54, 1.807) is 0 Å². The van der Waals surface area contributed by atoms with Crippen molar-refractivity contribution in [1.29, 1.82) is 0 Å². The van der Waals surface area contributed by atoms with Crippen molar-refractivity contribution in [2.45, 2.75) is 5.41 Å². The topological polar surface area (TPSA) is 24.9 Å². The van der Waals surface area contributed by atoms with Gasteiger partial charge < -0.3 is 19.3 Å². The average molecular weight is 679 g/mol. The molecule has 12 rings (SSSR count). The number of hydrogen-bond acceptors (Lipinski definition) is 4. The Morgan fingerprint density at radius 1 is 0.283 bits per heavy atom. The molecule has 4 nitrogen and oxygen atoms in total. The molecule has 53 heavy (non-hydrogen) atoms. The molecule has 0 amide bonds. The quantitative estimate of drug-likeness (QED) is 0.182. The highest BCUT2D eigenvalue weighted by Gasteiger charge is 2.53. The van der Waals surface area contributed by atoms with Crippen molar-refractivity contribution >= 4 is 34.1 Å². The van der Waals surface area contributed by atoms with E-state index in [2.05, 4.69) is 168 Å². The van der Waals surface area contributed by atoms with Crippen LogP contribution in [0.5, 0.6) is 23.0 Å². The monoisotopic (exact) mass is 678 g/mol. The molecule has 0 fully saturated rings. The van der Waals surface area contributed by atoms with Crippen LogP contribution >= 0.6 is 0 Å². The first-order valence-corrected chi connectivity index (χ1v) is 18.1. The third-order valence-electron chi connectivity index (χ3n) is 11.4. The van der Waals surface area contributed by atoms with Crippen molar-refractivity contribution in [2.24, 2.45) is 0 Å². The number of anilines is 6. The molecule has 4 aliphatic rings. The molecule has 248 valence electrons. The number of nitrogens with zero attached hydrogens (tertiary/aromatic N) is 2. The van der Waals surface area contributed by atoms with Gasteiger partial charge >= 0.3 is 0 Å². The van der Waals surface area contributed by atoms with Crippen LogP contribution in [0.4, 0.5) is 34.1 Å². The van der Waals surface area contributed by atoms with Crippen molar-refractivity contribution in [1.82, 2.24) is 0 Å². The Morgan fingerprint density at radius 3 is 0.981 bits per heavy atom. The van der Waals surface area contributed by atoms with E-state index in [1.807, 2.05) is 24.3 Å². The molecule has 0 saturated carbocycles. The number of ether oxygens (including phenoxy) is 2. The lowest BCUT2D eigenvalue weighted by Crippen LogP contribution is -2.26. The van der Waals surface area contributed by atoms with Gasteiger partial charge in [0, 0.05) is 11.1 Å². The third-order valence-corrected chi connectivity index (χ3v) is 11.4. The van der Waals surface area contributed by atoms with Crippen molar-refractivity contribution in [2.75, 3.05) is 9.80 Å². The molecule has 0 aromatic heterocycles. The number of fused-ring (bicyclic) bond motifs is 14. The van der Waals surface area contributed by atoms with Crippen molar-refractivity contribution in [3.05, 3.63) is 204 Å². The van der Waals surface area contributed by atoms with E-state index < -0.39 is 5.41 Å². The number of benzene rings is 8. The zero-order valence-electron chi connectivity index (χ0n) is 28.5. The molecular formula is C49H30N2O2. The predicted octanol–water partition coefficient (Wildman–Crippen LogP) is 13.2. The van der Waals surface area contributed by atoms with Gasteiger partial charge in [-0.15, -0.1) is 0 Å². The molecule has 8 aromatic rings. The van der Waals surface area contributed by atoms with E-state index in [1.165, 1.54) is 44.5 Å². The average Bonchev–Trinajstić information content (AvgIpc) is 3.70. The molecule has 0 saturated heterocycles. The highest BCUT2D eigenvalue weighted by Crippen LogP contribution is 2.67. The standard InChI is InChI=1S/C49H30N2O2/c1-3-17-33-31(15-1)47-35(19-13-25-41(47)50-37-21-5-9-27-43(37)52-44-28-10-6-22-38(44)50)49(33)34-18-4-2-16-32(34)48-36(49)20-14-26-42(48)51-39-23-7-11-29-45(39)53-46-30-12-8-24-40(46)51/h1-30H. The van der Waals surface area contributed by atoms with Crippen LogP contribution < -0.4 is 19.3 Å². The van der Waals surface area contributed by atoms with Gasteiger partial charge in [0.1, 0.15) is 0 Å². The molecule has 2 heterocycles. The van der Waals surface area contributed by atoms with E-state index in [0.717, 1.165) is 57.1 Å². The van der Waals surface area contributed by atoms with Gasteiger partial charge in [0.25, 0.3) is 0 Å². The van der Waals surface area contributed by atoms with Crippen LogP contribution in [0, 0.1) is 0 Å². The summed E-state index contributed by atoms with van der Waals surface area (Å²) in [6.45, 7) is 0. The van der Waals surface area contributed by atoms with E-state index in [9.17, 15) is 0 Å². The molecule has 0 bridgehead atoms. The Bertz CT molecular complexity index is 2550. The second-order valence-electron chi connectivity index (χ2n) is 14.0. The molecule has 0 N–H and O–H groups in total. The summed E-state index contributed by atoms with van der Waals surface area (Å²) in [6, 6.07) is 65.2. The first kappa shape index (κ1) is 28.6. The summed E-state index contributed by atoms with van der Waals surface area (Å²) >= 11 is 0.